The first-order chi connectivity index (χ1) is 10.0. The van der Waals surface area contributed by atoms with Gasteiger partial charge in [-0.3, -0.25) is 9.59 Å². The molecule has 3 rings (SSSR count). The van der Waals surface area contributed by atoms with E-state index in [9.17, 15) is 9.59 Å². The van der Waals surface area contributed by atoms with Crippen LogP contribution in [0.4, 0.5) is 0 Å². The van der Waals surface area contributed by atoms with Crippen molar-refractivity contribution >= 4 is 11.6 Å². The average molecular weight is 286 g/mol. The molecule has 1 aromatic rings. The van der Waals surface area contributed by atoms with Crippen LogP contribution >= 0.6 is 0 Å². The normalized spacial score (nSPS) is 22.9. The first-order valence-corrected chi connectivity index (χ1v) is 6.43. The van der Waals surface area contributed by atoms with E-state index in [0.29, 0.717) is 17.1 Å². The highest BCUT2D eigenvalue weighted by Gasteiger charge is 2.52. The molecule has 0 saturated carbocycles. The zero-order valence-corrected chi connectivity index (χ0v) is 11.9. The van der Waals surface area contributed by atoms with Crippen molar-refractivity contribution in [3.8, 4) is 11.5 Å². The molecule has 1 aliphatic carbocycles. The molecule has 0 fully saturated rings. The second kappa shape index (κ2) is 4.48. The molecule has 0 bridgehead atoms. The smallest absolute Gasteiger partial charge is 0.246 e. The Kier molecular flexibility index (Phi) is 2.86. The molecular formula is C16H14O5. The Morgan fingerprint density at radius 3 is 2.57 bits per heavy atom. The predicted molar refractivity (Wildman–Crippen MR) is 74.7 cm³/mol. The van der Waals surface area contributed by atoms with Crippen molar-refractivity contribution in [2.24, 2.45) is 0 Å². The molecule has 5 heteroatoms. The van der Waals surface area contributed by atoms with Gasteiger partial charge in [-0.25, -0.2) is 0 Å². The molecule has 21 heavy (non-hydrogen) atoms. The van der Waals surface area contributed by atoms with Crippen LogP contribution in [0.25, 0.3) is 0 Å². The number of carbonyl (C=O) groups is 2. The molecule has 1 spiro atoms. The van der Waals surface area contributed by atoms with Gasteiger partial charge in [-0.2, -0.15) is 0 Å². The third-order valence-corrected chi connectivity index (χ3v) is 3.69. The summed E-state index contributed by atoms with van der Waals surface area (Å²) in [7, 11) is 2.96. The number of fused-ring (bicyclic) bond motifs is 1. The summed E-state index contributed by atoms with van der Waals surface area (Å²) in [5.41, 5.74) is -0.146. The summed E-state index contributed by atoms with van der Waals surface area (Å²) in [5.74, 6) is 0.747. The van der Waals surface area contributed by atoms with Gasteiger partial charge >= 0.3 is 0 Å². The van der Waals surface area contributed by atoms with Crippen LogP contribution in [0.15, 0.2) is 36.1 Å². The van der Waals surface area contributed by atoms with Crippen molar-refractivity contribution in [2.75, 3.05) is 14.2 Å². The van der Waals surface area contributed by atoms with Crippen molar-refractivity contribution in [1.82, 2.24) is 0 Å². The van der Waals surface area contributed by atoms with Gasteiger partial charge < -0.3 is 14.2 Å². The Morgan fingerprint density at radius 1 is 1.14 bits per heavy atom. The molecule has 0 radical (unpaired) electrons. The van der Waals surface area contributed by atoms with Crippen molar-refractivity contribution in [2.45, 2.75) is 12.5 Å². The number of aryl methyl sites for hydroxylation is 1. The third kappa shape index (κ3) is 1.77. The Morgan fingerprint density at radius 2 is 1.90 bits per heavy atom. The van der Waals surface area contributed by atoms with Crippen LogP contribution < -0.4 is 9.47 Å². The monoisotopic (exact) mass is 286 g/mol. The summed E-state index contributed by atoms with van der Waals surface area (Å²) < 4.78 is 16.3. The predicted octanol–water partition coefficient (Wildman–Crippen LogP) is 1.99. The molecule has 0 N–H and O–H groups in total. The first-order valence-electron chi connectivity index (χ1n) is 6.43. The van der Waals surface area contributed by atoms with Crippen molar-refractivity contribution < 1.29 is 23.8 Å². The average Bonchev–Trinajstić information content (AvgIpc) is 2.75. The molecule has 1 unspecified atom stereocenters. The van der Waals surface area contributed by atoms with Gasteiger partial charge in [0.05, 0.1) is 19.8 Å². The van der Waals surface area contributed by atoms with E-state index in [1.165, 1.54) is 25.3 Å². The molecule has 0 aromatic heterocycles. The van der Waals surface area contributed by atoms with Crippen LogP contribution in [-0.4, -0.2) is 31.4 Å². The molecule has 1 aromatic carbocycles. The first kappa shape index (κ1) is 13.4. The lowest BCUT2D eigenvalue weighted by atomic mass is 9.87. The number of methoxy groups -OCH3 is 2. The Balaban J connectivity index is 2.16. The van der Waals surface area contributed by atoms with E-state index in [0.717, 1.165) is 5.56 Å². The molecule has 0 amide bonds. The molecule has 1 heterocycles. The van der Waals surface area contributed by atoms with E-state index in [-0.39, 0.29) is 17.3 Å². The lowest BCUT2D eigenvalue weighted by Gasteiger charge is -2.27. The summed E-state index contributed by atoms with van der Waals surface area (Å²) in [6, 6.07) is 3.43. The van der Waals surface area contributed by atoms with Crippen LogP contribution in [0.5, 0.6) is 11.5 Å². The minimum Gasteiger partial charge on any atom is -0.497 e. The van der Waals surface area contributed by atoms with Gasteiger partial charge in [0.2, 0.25) is 11.4 Å². The van der Waals surface area contributed by atoms with Gasteiger partial charge in [-0.05, 0) is 30.7 Å². The zero-order valence-electron chi connectivity index (χ0n) is 11.9. The number of ether oxygens (including phenoxy) is 3. The third-order valence-electron chi connectivity index (χ3n) is 3.69. The quantitative estimate of drug-likeness (QED) is 0.832. The number of hydrogen-bond acceptors (Lipinski definition) is 5. The van der Waals surface area contributed by atoms with Crippen LogP contribution in [0, 0.1) is 6.92 Å². The van der Waals surface area contributed by atoms with E-state index in [1.54, 1.807) is 19.2 Å². The fraction of sp³-hybridized carbons (Fsp3) is 0.250. The number of carbonyl (C=O) groups excluding carboxylic acids is 2. The highest BCUT2D eigenvalue weighted by molar-refractivity contribution is 6.15. The molecular weight excluding hydrogens is 272 g/mol. The molecule has 1 aliphatic heterocycles. The van der Waals surface area contributed by atoms with Gasteiger partial charge in [0.1, 0.15) is 11.5 Å². The van der Waals surface area contributed by atoms with Crippen molar-refractivity contribution in [3.05, 3.63) is 47.2 Å². The standard InChI is InChI=1S/C16H14O5/c1-9-6-11(19-2)8-12-14(9)15(18)16(21-12)5-4-10(17)7-13(16)20-3/h4-8H,1-3H3. The summed E-state index contributed by atoms with van der Waals surface area (Å²) in [4.78, 5) is 24.3. The molecule has 1 atom stereocenters. The second-order valence-electron chi connectivity index (χ2n) is 4.93. The van der Waals surface area contributed by atoms with Gasteiger partial charge in [0.15, 0.2) is 11.5 Å². The maximum atomic E-state index is 12.8. The van der Waals surface area contributed by atoms with Crippen LogP contribution in [-0.2, 0) is 9.53 Å². The minimum atomic E-state index is -1.39. The Bertz CT molecular complexity index is 714. The minimum absolute atomic E-state index is 0.189. The molecule has 2 aliphatic rings. The number of benzene rings is 1. The zero-order chi connectivity index (χ0) is 15.2. The van der Waals surface area contributed by atoms with Gasteiger partial charge in [-0.1, -0.05) is 0 Å². The maximum absolute atomic E-state index is 12.8. The van der Waals surface area contributed by atoms with Gasteiger partial charge in [0, 0.05) is 12.1 Å². The Hall–Kier alpha value is -2.56. The van der Waals surface area contributed by atoms with E-state index >= 15 is 0 Å². The highest BCUT2D eigenvalue weighted by atomic mass is 16.6. The SMILES string of the molecule is COC1=CC(=O)C=CC12Oc1cc(OC)cc(C)c1C2=O. The van der Waals surface area contributed by atoms with Crippen LogP contribution in [0.3, 0.4) is 0 Å². The number of Topliss-reactive ketones (excluding diaryl/α,β-unsaturated/α-hetero) is 1. The lowest BCUT2D eigenvalue weighted by molar-refractivity contribution is -0.111. The summed E-state index contributed by atoms with van der Waals surface area (Å²) in [5, 5.41) is 0. The highest BCUT2D eigenvalue weighted by Crippen LogP contribution is 2.44. The second-order valence-corrected chi connectivity index (χ2v) is 4.93. The number of hydrogen-bond donors (Lipinski definition) is 0. The lowest BCUT2D eigenvalue weighted by Crippen LogP contribution is -2.42. The van der Waals surface area contributed by atoms with E-state index in [1.807, 2.05) is 6.92 Å². The van der Waals surface area contributed by atoms with Crippen LogP contribution in [0.2, 0.25) is 0 Å². The van der Waals surface area contributed by atoms with Crippen molar-refractivity contribution in [1.29, 1.82) is 0 Å². The van der Waals surface area contributed by atoms with E-state index < -0.39 is 5.60 Å². The van der Waals surface area contributed by atoms with E-state index in [2.05, 4.69) is 0 Å². The molecule has 0 saturated heterocycles. The van der Waals surface area contributed by atoms with Crippen molar-refractivity contribution in [3.63, 3.8) is 0 Å². The fourth-order valence-electron chi connectivity index (χ4n) is 2.67. The molecule has 108 valence electrons. The summed E-state index contributed by atoms with van der Waals surface area (Å²) >= 11 is 0. The van der Waals surface area contributed by atoms with Crippen LogP contribution in [0.1, 0.15) is 15.9 Å². The number of allylic oxidation sites excluding steroid dienone is 2. The molecule has 5 nitrogen and oxygen atoms in total. The largest absolute Gasteiger partial charge is 0.497 e. The number of rotatable bonds is 2. The van der Waals surface area contributed by atoms with Gasteiger partial charge in [0.25, 0.3) is 0 Å². The topological polar surface area (TPSA) is 61.8 Å². The summed E-state index contributed by atoms with van der Waals surface area (Å²) in [6.45, 7) is 1.81. The van der Waals surface area contributed by atoms with E-state index in [4.69, 9.17) is 14.2 Å². The fourth-order valence-corrected chi connectivity index (χ4v) is 2.67. The number of ketones is 2. The maximum Gasteiger partial charge on any atom is 0.246 e. The Labute approximate surface area is 121 Å². The summed E-state index contributed by atoms with van der Waals surface area (Å²) in [6.07, 6.45) is 4.04. The van der Waals surface area contributed by atoms with Gasteiger partial charge in [-0.15, -0.1) is 0 Å².